The van der Waals surface area contributed by atoms with Gasteiger partial charge in [0.15, 0.2) is 0 Å². The molecule has 104 valence electrons. The third-order valence-corrected chi connectivity index (χ3v) is 3.52. The molecule has 20 heavy (non-hydrogen) atoms. The Morgan fingerprint density at radius 2 is 2.10 bits per heavy atom. The Labute approximate surface area is 118 Å². The second kappa shape index (κ2) is 5.49. The van der Waals surface area contributed by atoms with Crippen molar-refractivity contribution in [3.05, 3.63) is 42.5 Å². The van der Waals surface area contributed by atoms with Gasteiger partial charge in [-0.2, -0.15) is 0 Å². The van der Waals surface area contributed by atoms with Gasteiger partial charge in [0.2, 0.25) is 0 Å². The molecule has 1 saturated carbocycles. The fraction of sp³-hybridized carbons (Fsp3) is 0.375. The fourth-order valence-electron chi connectivity index (χ4n) is 2.32. The van der Waals surface area contributed by atoms with Crippen LogP contribution in [0.1, 0.15) is 36.7 Å². The number of aromatic nitrogens is 2. The quantitative estimate of drug-likeness (QED) is 0.907. The number of nitrogens with zero attached hydrogens (tertiary/aromatic N) is 2. The molecule has 0 aliphatic heterocycles. The summed E-state index contributed by atoms with van der Waals surface area (Å²) in [6, 6.07) is 6.29. The van der Waals surface area contributed by atoms with Gasteiger partial charge in [-0.1, -0.05) is 6.92 Å². The molecule has 0 aromatic carbocycles. The number of hydrogen-bond donors (Lipinski definition) is 1. The minimum Gasteiger partial charge on any atom is -0.348 e. The molecule has 1 fully saturated rings. The van der Waals surface area contributed by atoms with E-state index in [1.807, 2.05) is 22.8 Å². The van der Waals surface area contributed by atoms with Crippen LogP contribution in [0, 0.1) is 0 Å². The Kier molecular flexibility index (Phi) is 3.54. The lowest BCUT2D eigenvalue weighted by molar-refractivity contribution is 0.0941. The zero-order valence-electron chi connectivity index (χ0n) is 11.7. The molecule has 2 aromatic heterocycles. The van der Waals surface area contributed by atoms with Gasteiger partial charge in [-0.05, 0) is 43.0 Å². The van der Waals surface area contributed by atoms with Gasteiger partial charge in [0, 0.05) is 36.7 Å². The summed E-state index contributed by atoms with van der Waals surface area (Å²) in [5.74, 6) is 0.0428. The molecule has 2 aromatic rings. The van der Waals surface area contributed by atoms with Crippen LogP contribution >= 0.6 is 0 Å². The molecule has 4 heteroatoms. The first kappa shape index (κ1) is 12.9. The number of carbonyl (C=O) groups is 1. The maximum absolute atomic E-state index is 12.3. The molecule has 2 heterocycles. The van der Waals surface area contributed by atoms with Crippen molar-refractivity contribution in [1.29, 1.82) is 0 Å². The molecule has 4 nitrogen and oxygen atoms in total. The first-order chi connectivity index (χ1) is 9.78. The highest BCUT2D eigenvalue weighted by Crippen LogP contribution is 2.24. The molecule has 1 aliphatic rings. The average molecular weight is 269 g/mol. The van der Waals surface area contributed by atoms with Gasteiger partial charge >= 0.3 is 0 Å². The van der Waals surface area contributed by atoms with Crippen molar-refractivity contribution >= 4 is 5.91 Å². The monoisotopic (exact) mass is 269 g/mol. The van der Waals surface area contributed by atoms with Crippen LogP contribution in [0.3, 0.4) is 0 Å². The summed E-state index contributed by atoms with van der Waals surface area (Å²) in [5.41, 5.74) is 2.92. The minimum absolute atomic E-state index is 0.0428. The summed E-state index contributed by atoms with van der Waals surface area (Å²) in [7, 11) is 0. The predicted molar refractivity (Wildman–Crippen MR) is 78.4 cm³/mol. The summed E-state index contributed by atoms with van der Waals surface area (Å²) < 4.78 is 2.05. The van der Waals surface area contributed by atoms with Crippen LogP contribution < -0.4 is 5.32 Å². The molecular formula is C16H19N3O. The number of carbonyl (C=O) groups excluding carboxylic acids is 1. The third-order valence-electron chi connectivity index (χ3n) is 3.52. The van der Waals surface area contributed by atoms with Gasteiger partial charge < -0.3 is 9.88 Å². The fourth-order valence-corrected chi connectivity index (χ4v) is 2.32. The number of amides is 1. The molecule has 0 saturated heterocycles. The van der Waals surface area contributed by atoms with Crippen LogP contribution in [0.15, 0.2) is 36.8 Å². The lowest BCUT2D eigenvalue weighted by atomic mass is 10.1. The van der Waals surface area contributed by atoms with E-state index in [0.717, 1.165) is 42.6 Å². The van der Waals surface area contributed by atoms with Crippen LogP contribution in [-0.2, 0) is 6.54 Å². The molecule has 0 atom stereocenters. The Morgan fingerprint density at radius 3 is 2.75 bits per heavy atom. The average Bonchev–Trinajstić information content (AvgIpc) is 3.17. The van der Waals surface area contributed by atoms with Crippen LogP contribution in [0.2, 0.25) is 0 Å². The van der Waals surface area contributed by atoms with Crippen LogP contribution in [0.25, 0.3) is 11.1 Å². The smallest absolute Gasteiger partial charge is 0.268 e. The summed E-state index contributed by atoms with van der Waals surface area (Å²) >= 11 is 0. The van der Waals surface area contributed by atoms with E-state index >= 15 is 0 Å². The van der Waals surface area contributed by atoms with Gasteiger partial charge in [0.05, 0.1) is 0 Å². The lowest BCUT2D eigenvalue weighted by Gasteiger charge is -2.07. The van der Waals surface area contributed by atoms with Crippen molar-refractivity contribution in [2.24, 2.45) is 0 Å². The van der Waals surface area contributed by atoms with Gasteiger partial charge in [-0.25, -0.2) is 0 Å². The first-order valence-electron chi connectivity index (χ1n) is 7.19. The summed E-state index contributed by atoms with van der Waals surface area (Å²) in [4.78, 5) is 16.3. The van der Waals surface area contributed by atoms with E-state index in [1.165, 1.54) is 0 Å². The standard InChI is InChI=1S/C16H19N3O/c1-2-9-19-11-13(12-5-7-17-8-6-12)10-15(19)16(20)18-14-3-4-14/h5-8,10-11,14H,2-4,9H2,1H3,(H,18,20). The highest BCUT2D eigenvalue weighted by atomic mass is 16.2. The maximum atomic E-state index is 12.3. The first-order valence-corrected chi connectivity index (χ1v) is 7.19. The molecule has 0 radical (unpaired) electrons. The molecule has 0 unspecified atom stereocenters. The van der Waals surface area contributed by atoms with Crippen molar-refractivity contribution in [1.82, 2.24) is 14.9 Å². The zero-order chi connectivity index (χ0) is 13.9. The Morgan fingerprint density at radius 1 is 1.35 bits per heavy atom. The zero-order valence-corrected chi connectivity index (χ0v) is 11.7. The third kappa shape index (κ3) is 2.74. The van der Waals surface area contributed by atoms with E-state index in [-0.39, 0.29) is 5.91 Å². The van der Waals surface area contributed by atoms with Crippen molar-refractivity contribution in [2.45, 2.75) is 38.8 Å². The highest BCUT2D eigenvalue weighted by molar-refractivity contribution is 5.94. The highest BCUT2D eigenvalue weighted by Gasteiger charge is 2.25. The largest absolute Gasteiger partial charge is 0.348 e. The Balaban J connectivity index is 1.91. The van der Waals surface area contributed by atoms with E-state index in [9.17, 15) is 4.79 Å². The van der Waals surface area contributed by atoms with Gasteiger partial charge in [-0.15, -0.1) is 0 Å². The summed E-state index contributed by atoms with van der Waals surface area (Å²) in [5, 5.41) is 3.06. The Hall–Kier alpha value is -2.10. The van der Waals surface area contributed by atoms with E-state index in [2.05, 4.69) is 23.4 Å². The van der Waals surface area contributed by atoms with E-state index in [1.54, 1.807) is 12.4 Å². The van der Waals surface area contributed by atoms with E-state index in [4.69, 9.17) is 0 Å². The van der Waals surface area contributed by atoms with Crippen LogP contribution in [0.4, 0.5) is 0 Å². The second-order valence-corrected chi connectivity index (χ2v) is 5.29. The van der Waals surface area contributed by atoms with Gasteiger partial charge in [0.1, 0.15) is 5.69 Å². The number of nitrogens with one attached hydrogen (secondary N) is 1. The van der Waals surface area contributed by atoms with Gasteiger partial charge in [0.25, 0.3) is 5.91 Å². The molecule has 1 N–H and O–H groups in total. The van der Waals surface area contributed by atoms with Crippen molar-refractivity contribution in [3.8, 4) is 11.1 Å². The molecule has 1 amide bonds. The maximum Gasteiger partial charge on any atom is 0.268 e. The number of rotatable bonds is 5. The molecule has 0 bridgehead atoms. The number of hydrogen-bond acceptors (Lipinski definition) is 2. The summed E-state index contributed by atoms with van der Waals surface area (Å²) in [6.07, 6.45) is 8.83. The molecular weight excluding hydrogens is 250 g/mol. The molecule has 3 rings (SSSR count). The van der Waals surface area contributed by atoms with Crippen molar-refractivity contribution < 1.29 is 4.79 Å². The lowest BCUT2D eigenvalue weighted by Crippen LogP contribution is -2.27. The molecule has 1 aliphatic carbocycles. The van der Waals surface area contributed by atoms with Crippen molar-refractivity contribution in [2.75, 3.05) is 0 Å². The number of aryl methyl sites for hydroxylation is 1. The topological polar surface area (TPSA) is 46.9 Å². The van der Waals surface area contributed by atoms with Crippen molar-refractivity contribution in [3.63, 3.8) is 0 Å². The van der Waals surface area contributed by atoms with Crippen LogP contribution in [-0.4, -0.2) is 21.5 Å². The normalized spacial score (nSPS) is 14.2. The predicted octanol–water partition coefficient (Wildman–Crippen LogP) is 2.85. The Bertz CT molecular complexity index is 599. The number of pyridine rings is 1. The SMILES string of the molecule is CCCn1cc(-c2ccncc2)cc1C(=O)NC1CC1. The van der Waals surface area contributed by atoms with E-state index in [0.29, 0.717) is 6.04 Å². The summed E-state index contributed by atoms with van der Waals surface area (Å²) in [6.45, 7) is 2.98. The molecule has 0 spiro atoms. The van der Waals surface area contributed by atoms with Gasteiger partial charge in [-0.3, -0.25) is 9.78 Å². The second-order valence-electron chi connectivity index (χ2n) is 5.29. The van der Waals surface area contributed by atoms with E-state index < -0.39 is 0 Å². The van der Waals surface area contributed by atoms with Crippen LogP contribution in [0.5, 0.6) is 0 Å². The minimum atomic E-state index is 0.0428.